The lowest BCUT2D eigenvalue weighted by atomic mass is 9.96. The fraction of sp³-hybridized carbons (Fsp3) is 0.154. The summed E-state index contributed by atoms with van der Waals surface area (Å²) in [5.74, 6) is -0.946. The fourth-order valence-corrected chi connectivity index (χ4v) is 3.63. The van der Waals surface area contributed by atoms with E-state index >= 15 is 0 Å². The van der Waals surface area contributed by atoms with E-state index in [0.29, 0.717) is 17.0 Å². The van der Waals surface area contributed by atoms with Crippen molar-refractivity contribution in [3.63, 3.8) is 0 Å². The molecule has 1 aliphatic heterocycles. The molecule has 2 unspecified atom stereocenters. The highest BCUT2D eigenvalue weighted by Crippen LogP contribution is 2.42. The molecular weight excluding hydrogens is 262 g/mol. The Morgan fingerprint density at radius 2 is 2.16 bits per heavy atom. The van der Waals surface area contributed by atoms with Crippen molar-refractivity contribution < 1.29 is 9.90 Å². The molecule has 2 atom stereocenters. The van der Waals surface area contributed by atoms with Gasteiger partial charge in [-0.25, -0.2) is 4.79 Å². The second-order valence-corrected chi connectivity index (χ2v) is 5.75. The van der Waals surface area contributed by atoms with Gasteiger partial charge in [-0.15, -0.1) is 11.8 Å². The third-order valence-electron chi connectivity index (χ3n) is 3.17. The maximum absolute atomic E-state index is 11.3. The molecule has 1 aromatic rings. The van der Waals surface area contributed by atoms with E-state index < -0.39 is 5.97 Å². The number of carboxylic acids is 1. The molecule has 0 spiro atoms. The molecule has 6 heteroatoms. The van der Waals surface area contributed by atoms with Crippen LogP contribution < -0.4 is 16.8 Å². The van der Waals surface area contributed by atoms with Gasteiger partial charge in [0.25, 0.3) is 0 Å². The van der Waals surface area contributed by atoms with Gasteiger partial charge >= 0.3 is 5.97 Å². The van der Waals surface area contributed by atoms with Gasteiger partial charge in [0.1, 0.15) is 0 Å². The number of anilines is 2. The van der Waals surface area contributed by atoms with E-state index in [0.717, 1.165) is 10.6 Å². The Morgan fingerprint density at radius 1 is 1.37 bits per heavy atom. The van der Waals surface area contributed by atoms with Gasteiger partial charge in [0, 0.05) is 22.0 Å². The van der Waals surface area contributed by atoms with Crippen LogP contribution in [-0.4, -0.2) is 22.4 Å². The smallest absolute Gasteiger partial charge is 0.333 e. The molecule has 98 valence electrons. The Hall–Kier alpha value is -2.08. The summed E-state index contributed by atoms with van der Waals surface area (Å²) in [6.45, 7) is 0. The highest BCUT2D eigenvalue weighted by Gasteiger charge is 2.35. The van der Waals surface area contributed by atoms with E-state index in [2.05, 4.69) is 5.32 Å². The van der Waals surface area contributed by atoms with Crippen molar-refractivity contribution in [2.24, 2.45) is 5.73 Å². The van der Waals surface area contributed by atoms with Crippen LogP contribution in [0, 0.1) is 0 Å². The van der Waals surface area contributed by atoms with Gasteiger partial charge in [0.2, 0.25) is 0 Å². The Bertz CT molecular complexity index is 624. The quantitative estimate of drug-likeness (QED) is 0.578. The molecule has 0 radical (unpaired) electrons. The number of nitrogens with one attached hydrogen (secondary N) is 1. The predicted octanol–water partition coefficient (Wildman–Crippen LogP) is 1.39. The number of benzene rings is 1. The Labute approximate surface area is 114 Å². The number of hydrogen-bond acceptors (Lipinski definition) is 5. The fourth-order valence-electron chi connectivity index (χ4n) is 2.31. The van der Waals surface area contributed by atoms with E-state index in [-0.39, 0.29) is 11.3 Å². The van der Waals surface area contributed by atoms with Crippen LogP contribution >= 0.6 is 11.8 Å². The van der Waals surface area contributed by atoms with Gasteiger partial charge in [0.05, 0.1) is 16.9 Å². The minimum Gasteiger partial charge on any atom is -0.478 e. The molecule has 3 rings (SSSR count). The summed E-state index contributed by atoms with van der Waals surface area (Å²) in [5, 5.41) is 12.5. The Kier molecular flexibility index (Phi) is 2.67. The summed E-state index contributed by atoms with van der Waals surface area (Å²) in [5.41, 5.74) is 13.9. The molecule has 1 aliphatic carbocycles. The summed E-state index contributed by atoms with van der Waals surface area (Å²) in [4.78, 5) is 12.3. The standard InChI is InChI=1S/C13H13N3O2S/c14-6-1-2-9-10(4-6)19-11-5-7(15)3-8(13(17)18)12(11)16-9/h1-5,11-12,16H,14-15H2,(H,17,18). The number of allylic oxidation sites excluding steroid dienone is 1. The Balaban J connectivity index is 2.03. The molecule has 0 fully saturated rings. The zero-order chi connectivity index (χ0) is 13.6. The maximum Gasteiger partial charge on any atom is 0.333 e. The molecule has 2 aliphatic rings. The zero-order valence-electron chi connectivity index (χ0n) is 9.96. The number of carboxylic acid groups (broad SMARTS) is 1. The third kappa shape index (κ3) is 2.04. The summed E-state index contributed by atoms with van der Waals surface area (Å²) in [6, 6.07) is 5.27. The first-order valence-electron chi connectivity index (χ1n) is 5.79. The third-order valence-corrected chi connectivity index (χ3v) is 4.44. The minimum absolute atomic E-state index is 0.0367. The number of aliphatic carboxylic acids is 1. The predicted molar refractivity (Wildman–Crippen MR) is 75.9 cm³/mol. The monoisotopic (exact) mass is 275 g/mol. The number of thioether (sulfide) groups is 1. The molecule has 1 aromatic carbocycles. The molecule has 0 aromatic heterocycles. The van der Waals surface area contributed by atoms with Crippen LogP contribution in [0.25, 0.3) is 0 Å². The molecule has 5 nitrogen and oxygen atoms in total. The molecule has 0 saturated carbocycles. The van der Waals surface area contributed by atoms with Crippen molar-refractivity contribution in [3.8, 4) is 0 Å². The summed E-state index contributed by atoms with van der Waals surface area (Å²) < 4.78 is 0. The van der Waals surface area contributed by atoms with Crippen molar-refractivity contribution in [3.05, 3.63) is 41.6 Å². The summed E-state index contributed by atoms with van der Waals surface area (Å²) in [7, 11) is 0. The zero-order valence-corrected chi connectivity index (χ0v) is 10.8. The van der Waals surface area contributed by atoms with Crippen molar-refractivity contribution >= 4 is 29.1 Å². The number of nitrogens with two attached hydrogens (primary N) is 2. The van der Waals surface area contributed by atoms with Gasteiger partial charge in [-0.1, -0.05) is 0 Å². The van der Waals surface area contributed by atoms with Crippen LogP contribution in [-0.2, 0) is 4.79 Å². The normalized spacial score (nSPS) is 24.4. The molecule has 0 bridgehead atoms. The topological polar surface area (TPSA) is 101 Å². The lowest BCUT2D eigenvalue weighted by Gasteiger charge is -2.35. The van der Waals surface area contributed by atoms with E-state index in [9.17, 15) is 9.90 Å². The van der Waals surface area contributed by atoms with Crippen LogP contribution in [0.15, 0.2) is 46.5 Å². The van der Waals surface area contributed by atoms with Crippen LogP contribution in [0.5, 0.6) is 0 Å². The van der Waals surface area contributed by atoms with Crippen LogP contribution in [0.1, 0.15) is 0 Å². The van der Waals surface area contributed by atoms with Gasteiger partial charge in [-0.2, -0.15) is 0 Å². The molecular formula is C13H13N3O2S. The first-order chi connectivity index (χ1) is 9.04. The van der Waals surface area contributed by atoms with Crippen molar-refractivity contribution in [1.82, 2.24) is 0 Å². The lowest BCUT2D eigenvalue weighted by Crippen LogP contribution is -2.40. The van der Waals surface area contributed by atoms with Gasteiger partial charge in [-0.05, 0) is 30.4 Å². The minimum atomic E-state index is -0.946. The highest BCUT2D eigenvalue weighted by molar-refractivity contribution is 8.00. The second-order valence-electron chi connectivity index (χ2n) is 4.53. The average Bonchev–Trinajstić information content (AvgIpc) is 2.35. The lowest BCUT2D eigenvalue weighted by molar-refractivity contribution is -0.132. The molecule has 0 saturated heterocycles. The average molecular weight is 275 g/mol. The molecule has 19 heavy (non-hydrogen) atoms. The van der Waals surface area contributed by atoms with E-state index in [1.807, 2.05) is 18.2 Å². The van der Waals surface area contributed by atoms with Gasteiger partial charge < -0.3 is 21.9 Å². The Morgan fingerprint density at radius 3 is 2.89 bits per heavy atom. The highest BCUT2D eigenvalue weighted by atomic mass is 32.2. The molecule has 1 heterocycles. The molecule has 6 N–H and O–H groups in total. The van der Waals surface area contributed by atoms with E-state index in [4.69, 9.17) is 11.5 Å². The van der Waals surface area contributed by atoms with Crippen LogP contribution in [0.4, 0.5) is 11.4 Å². The van der Waals surface area contributed by atoms with Gasteiger partial charge in [0.15, 0.2) is 0 Å². The number of nitrogen functional groups attached to an aromatic ring is 1. The summed E-state index contributed by atoms with van der Waals surface area (Å²) in [6.07, 6.45) is 3.39. The van der Waals surface area contributed by atoms with Crippen LogP contribution in [0.3, 0.4) is 0 Å². The molecule has 0 amide bonds. The largest absolute Gasteiger partial charge is 0.478 e. The maximum atomic E-state index is 11.3. The number of rotatable bonds is 1. The van der Waals surface area contributed by atoms with Crippen molar-refractivity contribution in [2.75, 3.05) is 11.1 Å². The van der Waals surface area contributed by atoms with E-state index in [1.54, 1.807) is 17.8 Å². The van der Waals surface area contributed by atoms with Crippen molar-refractivity contribution in [2.45, 2.75) is 16.2 Å². The number of hydrogen-bond donors (Lipinski definition) is 4. The SMILES string of the molecule is NC1=CC2Sc3cc(N)ccc3NC2C(C(=O)O)=C1. The van der Waals surface area contributed by atoms with E-state index in [1.165, 1.54) is 6.08 Å². The van der Waals surface area contributed by atoms with Crippen LogP contribution in [0.2, 0.25) is 0 Å². The summed E-state index contributed by atoms with van der Waals surface area (Å²) >= 11 is 1.58. The first-order valence-corrected chi connectivity index (χ1v) is 6.67. The number of carbonyl (C=O) groups is 1. The first kappa shape index (κ1) is 12.0. The second kappa shape index (κ2) is 4.24. The van der Waals surface area contributed by atoms with Gasteiger partial charge in [-0.3, -0.25) is 0 Å². The number of fused-ring (bicyclic) bond motifs is 2. The van der Waals surface area contributed by atoms with Crippen molar-refractivity contribution in [1.29, 1.82) is 0 Å².